The van der Waals surface area contributed by atoms with Gasteiger partial charge >= 0.3 is 0 Å². The van der Waals surface area contributed by atoms with Gasteiger partial charge in [0.1, 0.15) is 11.6 Å². The highest BCUT2D eigenvalue weighted by atomic mass is 32.1. The summed E-state index contributed by atoms with van der Waals surface area (Å²) in [4.78, 5) is 7.42. The van der Waals surface area contributed by atoms with E-state index in [1.165, 1.54) is 18.4 Å². The third-order valence-corrected chi connectivity index (χ3v) is 5.68. The molecule has 28 heavy (non-hydrogen) atoms. The Balaban J connectivity index is 1.41. The molecule has 1 fully saturated rings. The Hall–Kier alpha value is -2.38. The van der Waals surface area contributed by atoms with Crippen molar-refractivity contribution in [2.45, 2.75) is 25.8 Å². The van der Waals surface area contributed by atoms with Gasteiger partial charge in [0.25, 0.3) is 0 Å². The van der Waals surface area contributed by atoms with Gasteiger partial charge in [0.05, 0.1) is 23.8 Å². The first kappa shape index (κ1) is 19.0. The Morgan fingerprint density at radius 1 is 1.21 bits per heavy atom. The van der Waals surface area contributed by atoms with E-state index in [0.29, 0.717) is 11.0 Å². The molecule has 7 heteroatoms. The van der Waals surface area contributed by atoms with Crippen LogP contribution in [0.2, 0.25) is 0 Å². The van der Waals surface area contributed by atoms with Gasteiger partial charge in [0, 0.05) is 19.5 Å². The predicted octanol–water partition coefficient (Wildman–Crippen LogP) is 2.77. The molecule has 3 N–H and O–H groups in total. The van der Waals surface area contributed by atoms with Crippen LogP contribution in [0.1, 0.15) is 24.4 Å². The number of aromatic nitrogens is 2. The minimum absolute atomic E-state index is 0.380. The van der Waals surface area contributed by atoms with E-state index in [0.717, 1.165) is 56.2 Å². The lowest BCUT2D eigenvalue weighted by Crippen LogP contribution is -2.41. The van der Waals surface area contributed by atoms with Crippen molar-refractivity contribution in [3.05, 3.63) is 54.2 Å². The van der Waals surface area contributed by atoms with Gasteiger partial charge in [-0.3, -0.25) is 0 Å². The predicted molar refractivity (Wildman–Crippen MR) is 115 cm³/mol. The zero-order valence-electron chi connectivity index (χ0n) is 16.0. The Labute approximate surface area is 170 Å². The summed E-state index contributed by atoms with van der Waals surface area (Å²) < 4.78 is 7.90. The van der Waals surface area contributed by atoms with E-state index >= 15 is 0 Å². The van der Waals surface area contributed by atoms with Crippen LogP contribution in [0.3, 0.4) is 0 Å². The molecule has 0 atom stereocenters. The van der Waals surface area contributed by atoms with E-state index < -0.39 is 0 Å². The van der Waals surface area contributed by atoms with E-state index in [4.69, 9.17) is 27.4 Å². The van der Waals surface area contributed by atoms with E-state index in [2.05, 4.69) is 39.0 Å². The molecule has 3 aromatic rings. The van der Waals surface area contributed by atoms with E-state index in [-0.39, 0.29) is 0 Å². The van der Waals surface area contributed by atoms with Crippen LogP contribution < -0.4 is 11.1 Å². The quantitative estimate of drug-likeness (QED) is 0.598. The molecule has 3 heterocycles. The van der Waals surface area contributed by atoms with E-state index in [9.17, 15) is 0 Å². The summed E-state index contributed by atoms with van der Waals surface area (Å²) >= 11 is 4.87. The van der Waals surface area contributed by atoms with Crippen LogP contribution in [0, 0.1) is 5.92 Å². The molecule has 0 unspecified atom stereocenters. The van der Waals surface area contributed by atoms with Crippen LogP contribution in [0.15, 0.2) is 47.1 Å². The summed E-state index contributed by atoms with van der Waals surface area (Å²) in [6.07, 6.45) is 5.12. The topological polar surface area (TPSA) is 72.2 Å². The Kier molecular flexibility index (Phi) is 5.92. The SMILES string of the molecule is NC(=S)NCCN1CCC(Cc2nc3ccccc3n2Cc2ccco2)CC1. The maximum Gasteiger partial charge on any atom is 0.163 e. The number of thiocarbonyl (C=S) groups is 1. The maximum atomic E-state index is 5.59. The molecule has 0 radical (unpaired) electrons. The summed E-state index contributed by atoms with van der Waals surface area (Å²) in [5.74, 6) is 2.78. The van der Waals surface area contributed by atoms with Gasteiger partial charge in [-0.05, 0) is 68.3 Å². The van der Waals surface area contributed by atoms with Gasteiger partial charge in [-0.1, -0.05) is 12.1 Å². The fourth-order valence-electron chi connectivity index (χ4n) is 4.03. The standard InChI is InChI=1S/C21H27N5OS/c22-21(28)23-9-12-25-10-7-16(8-11-25)14-20-24-18-5-1-2-6-19(18)26(20)15-17-4-3-13-27-17/h1-6,13,16H,7-12,14-15H2,(H3,22,23,28). The van der Waals surface area contributed by atoms with Crippen molar-refractivity contribution in [1.29, 1.82) is 0 Å². The number of imidazole rings is 1. The van der Waals surface area contributed by atoms with E-state index in [1.54, 1.807) is 6.26 Å². The highest BCUT2D eigenvalue weighted by Gasteiger charge is 2.22. The number of likely N-dealkylation sites (tertiary alicyclic amines) is 1. The number of piperidine rings is 1. The second kappa shape index (κ2) is 8.75. The zero-order chi connectivity index (χ0) is 19.3. The first-order chi connectivity index (χ1) is 13.7. The molecule has 0 spiro atoms. The number of hydrogen-bond acceptors (Lipinski definition) is 4. The minimum Gasteiger partial charge on any atom is -0.467 e. The number of fused-ring (bicyclic) bond motifs is 1. The molecule has 1 aliphatic heterocycles. The molecule has 0 bridgehead atoms. The lowest BCUT2D eigenvalue weighted by molar-refractivity contribution is 0.185. The maximum absolute atomic E-state index is 5.59. The summed E-state index contributed by atoms with van der Waals surface area (Å²) in [5, 5.41) is 3.41. The normalized spacial score (nSPS) is 15.9. The number of nitrogens with two attached hydrogens (primary N) is 1. The zero-order valence-corrected chi connectivity index (χ0v) is 16.8. The smallest absolute Gasteiger partial charge is 0.163 e. The lowest BCUT2D eigenvalue weighted by Gasteiger charge is -2.31. The van der Waals surface area contributed by atoms with Gasteiger partial charge in [-0.15, -0.1) is 0 Å². The van der Waals surface area contributed by atoms with E-state index in [1.807, 2.05) is 12.1 Å². The molecular formula is C21H27N5OS. The summed E-state index contributed by atoms with van der Waals surface area (Å²) in [6, 6.07) is 12.3. The van der Waals surface area contributed by atoms with Gasteiger partial charge in [-0.25, -0.2) is 4.98 Å². The number of furan rings is 1. The van der Waals surface area contributed by atoms with Crippen LogP contribution in [-0.2, 0) is 13.0 Å². The van der Waals surface area contributed by atoms with Crippen LogP contribution in [0.4, 0.5) is 0 Å². The molecular weight excluding hydrogens is 370 g/mol. The van der Waals surface area contributed by atoms with Gasteiger partial charge < -0.3 is 24.9 Å². The molecule has 0 aliphatic carbocycles. The van der Waals surface area contributed by atoms with Gasteiger partial charge in [0.15, 0.2) is 5.11 Å². The van der Waals surface area contributed by atoms with Crippen LogP contribution in [0.5, 0.6) is 0 Å². The van der Waals surface area contributed by atoms with Gasteiger partial charge in [0.2, 0.25) is 0 Å². The number of rotatable bonds is 7. The molecule has 1 aromatic carbocycles. The average Bonchev–Trinajstić information content (AvgIpc) is 3.32. The van der Waals surface area contributed by atoms with Crippen molar-refractivity contribution in [3.8, 4) is 0 Å². The fourth-order valence-corrected chi connectivity index (χ4v) is 4.13. The monoisotopic (exact) mass is 397 g/mol. The number of benzene rings is 1. The third-order valence-electron chi connectivity index (χ3n) is 5.53. The first-order valence-corrected chi connectivity index (χ1v) is 10.3. The molecule has 2 aromatic heterocycles. The molecule has 1 saturated heterocycles. The summed E-state index contributed by atoms with van der Waals surface area (Å²) in [6.45, 7) is 4.76. The number of nitrogens with one attached hydrogen (secondary N) is 1. The highest BCUT2D eigenvalue weighted by molar-refractivity contribution is 7.80. The number of para-hydroxylation sites is 2. The lowest BCUT2D eigenvalue weighted by atomic mass is 9.93. The van der Waals surface area contributed by atoms with Crippen LogP contribution in [-0.4, -0.2) is 45.7 Å². The van der Waals surface area contributed by atoms with Crippen LogP contribution >= 0.6 is 12.2 Å². The van der Waals surface area contributed by atoms with Crippen molar-refractivity contribution in [2.24, 2.45) is 11.7 Å². The highest BCUT2D eigenvalue weighted by Crippen LogP contribution is 2.25. The van der Waals surface area contributed by atoms with Crippen molar-refractivity contribution in [3.63, 3.8) is 0 Å². The molecule has 148 valence electrons. The summed E-state index contributed by atoms with van der Waals surface area (Å²) in [5.41, 5.74) is 7.73. The Bertz CT molecular complexity index is 912. The third kappa shape index (κ3) is 4.54. The van der Waals surface area contributed by atoms with Crippen LogP contribution in [0.25, 0.3) is 11.0 Å². The number of hydrogen-bond donors (Lipinski definition) is 2. The van der Waals surface area contributed by atoms with Crippen molar-refractivity contribution in [2.75, 3.05) is 26.2 Å². The molecule has 0 amide bonds. The second-order valence-electron chi connectivity index (χ2n) is 7.46. The first-order valence-electron chi connectivity index (χ1n) is 9.91. The largest absolute Gasteiger partial charge is 0.467 e. The fraction of sp³-hybridized carbons (Fsp3) is 0.429. The Morgan fingerprint density at radius 3 is 2.79 bits per heavy atom. The molecule has 6 nitrogen and oxygen atoms in total. The van der Waals surface area contributed by atoms with Crippen molar-refractivity contribution < 1.29 is 4.42 Å². The number of nitrogens with zero attached hydrogens (tertiary/aromatic N) is 3. The molecule has 0 saturated carbocycles. The minimum atomic E-state index is 0.380. The molecule has 1 aliphatic rings. The van der Waals surface area contributed by atoms with Crippen molar-refractivity contribution in [1.82, 2.24) is 19.8 Å². The Morgan fingerprint density at radius 2 is 2.04 bits per heavy atom. The summed E-state index contributed by atoms with van der Waals surface area (Å²) in [7, 11) is 0. The molecule has 4 rings (SSSR count). The average molecular weight is 398 g/mol. The van der Waals surface area contributed by atoms with Crippen molar-refractivity contribution >= 4 is 28.4 Å². The van der Waals surface area contributed by atoms with Gasteiger partial charge in [-0.2, -0.15) is 0 Å². The second-order valence-corrected chi connectivity index (χ2v) is 7.90.